The molecule has 1 amide bonds. The van der Waals surface area contributed by atoms with Crippen molar-refractivity contribution in [1.82, 2.24) is 4.90 Å². The molecule has 5 heteroatoms. The minimum atomic E-state index is -0.575. The topological polar surface area (TPSA) is 55.8 Å². The van der Waals surface area contributed by atoms with Crippen molar-refractivity contribution in [2.24, 2.45) is 0 Å². The molecule has 0 aliphatic carbocycles. The van der Waals surface area contributed by atoms with E-state index in [1.54, 1.807) is 0 Å². The highest BCUT2D eigenvalue weighted by atomic mass is 16.6. The van der Waals surface area contributed by atoms with E-state index < -0.39 is 12.1 Å². The summed E-state index contributed by atoms with van der Waals surface area (Å²) in [5.74, 6) is -0.494. The van der Waals surface area contributed by atoms with Crippen LogP contribution in [0.2, 0.25) is 0 Å². The van der Waals surface area contributed by atoms with E-state index in [0.29, 0.717) is 0 Å². The average molecular weight is 263 g/mol. The van der Waals surface area contributed by atoms with Gasteiger partial charge in [0.25, 0.3) is 0 Å². The van der Waals surface area contributed by atoms with Crippen molar-refractivity contribution in [3.63, 3.8) is 0 Å². The molecular formula is C14H17NO4. The van der Waals surface area contributed by atoms with E-state index in [1.165, 1.54) is 18.1 Å². The molecule has 0 aliphatic heterocycles. The van der Waals surface area contributed by atoms with Gasteiger partial charge < -0.3 is 9.47 Å². The van der Waals surface area contributed by atoms with Crippen molar-refractivity contribution in [3.05, 3.63) is 48.6 Å². The van der Waals surface area contributed by atoms with Gasteiger partial charge in [-0.05, 0) is 5.56 Å². The summed E-state index contributed by atoms with van der Waals surface area (Å²) in [5, 5.41) is 0. The monoisotopic (exact) mass is 263 g/mol. The lowest BCUT2D eigenvalue weighted by Crippen LogP contribution is -2.36. The number of carbonyl (C=O) groups excluding carboxylic acids is 2. The maximum absolute atomic E-state index is 11.8. The van der Waals surface area contributed by atoms with Crippen LogP contribution in [-0.4, -0.2) is 37.2 Å². The first kappa shape index (κ1) is 14.8. The Hall–Kier alpha value is -2.30. The van der Waals surface area contributed by atoms with E-state index in [9.17, 15) is 9.59 Å². The van der Waals surface area contributed by atoms with Gasteiger partial charge in [0.2, 0.25) is 0 Å². The lowest BCUT2D eigenvalue weighted by atomic mass is 10.2. The van der Waals surface area contributed by atoms with Gasteiger partial charge >= 0.3 is 12.1 Å². The summed E-state index contributed by atoms with van der Waals surface area (Å²) in [6, 6.07) is 9.34. The molecule has 0 saturated carbocycles. The fraction of sp³-hybridized carbons (Fsp3) is 0.286. The third-order valence-corrected chi connectivity index (χ3v) is 2.35. The molecule has 102 valence electrons. The second-order valence-corrected chi connectivity index (χ2v) is 3.78. The van der Waals surface area contributed by atoms with Gasteiger partial charge in [0, 0.05) is 6.54 Å². The SMILES string of the molecule is C=CCOC(=O)N(CC(=O)OC)Cc1ccccc1. The van der Waals surface area contributed by atoms with Gasteiger partial charge in [-0.3, -0.25) is 9.69 Å². The Morgan fingerprint density at radius 1 is 1.32 bits per heavy atom. The van der Waals surface area contributed by atoms with E-state index in [-0.39, 0.29) is 19.7 Å². The number of benzene rings is 1. The van der Waals surface area contributed by atoms with Crippen LogP contribution in [0.15, 0.2) is 43.0 Å². The van der Waals surface area contributed by atoms with Crippen LogP contribution in [0.4, 0.5) is 4.79 Å². The van der Waals surface area contributed by atoms with Crippen LogP contribution in [0.5, 0.6) is 0 Å². The molecule has 0 spiro atoms. The van der Waals surface area contributed by atoms with Crippen molar-refractivity contribution in [1.29, 1.82) is 0 Å². The molecule has 0 N–H and O–H groups in total. The Labute approximate surface area is 112 Å². The fourth-order valence-corrected chi connectivity index (χ4v) is 1.43. The maximum Gasteiger partial charge on any atom is 0.410 e. The normalized spacial score (nSPS) is 9.53. The van der Waals surface area contributed by atoms with Crippen LogP contribution in [0.3, 0.4) is 0 Å². The first-order valence-corrected chi connectivity index (χ1v) is 5.80. The summed E-state index contributed by atoms with van der Waals surface area (Å²) in [7, 11) is 1.28. The third-order valence-electron chi connectivity index (χ3n) is 2.35. The minimum absolute atomic E-state index is 0.102. The van der Waals surface area contributed by atoms with Crippen LogP contribution >= 0.6 is 0 Å². The number of rotatable bonds is 6. The van der Waals surface area contributed by atoms with E-state index in [1.807, 2.05) is 30.3 Å². The standard InChI is InChI=1S/C14H17NO4/c1-3-9-19-14(17)15(11-13(16)18-2)10-12-7-5-4-6-8-12/h3-8H,1,9-11H2,2H3. The molecule has 1 rings (SSSR count). The van der Waals surface area contributed by atoms with Gasteiger partial charge in [0.15, 0.2) is 0 Å². The smallest absolute Gasteiger partial charge is 0.410 e. The zero-order valence-electron chi connectivity index (χ0n) is 10.9. The highest BCUT2D eigenvalue weighted by Gasteiger charge is 2.18. The van der Waals surface area contributed by atoms with E-state index in [0.717, 1.165) is 5.56 Å². The molecular weight excluding hydrogens is 246 g/mol. The molecule has 0 atom stereocenters. The quantitative estimate of drug-likeness (QED) is 0.581. The highest BCUT2D eigenvalue weighted by Crippen LogP contribution is 2.06. The van der Waals surface area contributed by atoms with E-state index in [4.69, 9.17) is 4.74 Å². The highest BCUT2D eigenvalue weighted by molar-refractivity contribution is 5.78. The maximum atomic E-state index is 11.8. The number of amides is 1. The van der Waals surface area contributed by atoms with Gasteiger partial charge in [-0.25, -0.2) is 4.79 Å². The predicted octanol–water partition coefficient (Wildman–Crippen LogP) is 1.98. The van der Waals surface area contributed by atoms with Gasteiger partial charge in [0.05, 0.1) is 7.11 Å². The Kier molecular flexibility index (Phi) is 6.15. The zero-order chi connectivity index (χ0) is 14.1. The number of methoxy groups -OCH3 is 1. The summed E-state index contributed by atoms with van der Waals surface area (Å²) in [5.41, 5.74) is 0.905. The van der Waals surface area contributed by atoms with Crippen molar-refractivity contribution in [3.8, 4) is 0 Å². The van der Waals surface area contributed by atoms with Crippen molar-refractivity contribution in [2.45, 2.75) is 6.54 Å². The van der Waals surface area contributed by atoms with Crippen LogP contribution in [-0.2, 0) is 20.8 Å². The molecule has 0 bridgehead atoms. The molecule has 19 heavy (non-hydrogen) atoms. The predicted molar refractivity (Wildman–Crippen MR) is 70.4 cm³/mol. The van der Waals surface area contributed by atoms with Gasteiger partial charge in [-0.15, -0.1) is 0 Å². The number of carbonyl (C=O) groups is 2. The number of ether oxygens (including phenoxy) is 2. The molecule has 0 aliphatic rings. The number of esters is 1. The lowest BCUT2D eigenvalue weighted by Gasteiger charge is -2.20. The second-order valence-electron chi connectivity index (χ2n) is 3.78. The Morgan fingerprint density at radius 3 is 2.58 bits per heavy atom. The molecule has 1 aromatic carbocycles. The third kappa shape index (κ3) is 5.25. The lowest BCUT2D eigenvalue weighted by molar-refractivity contribution is -0.141. The largest absolute Gasteiger partial charge is 0.468 e. The molecule has 1 aromatic rings. The minimum Gasteiger partial charge on any atom is -0.468 e. The van der Waals surface area contributed by atoms with Gasteiger partial charge in [-0.1, -0.05) is 43.0 Å². The molecule has 0 aromatic heterocycles. The zero-order valence-corrected chi connectivity index (χ0v) is 10.9. The first-order chi connectivity index (χ1) is 9.17. The molecule has 0 saturated heterocycles. The number of hydrogen-bond acceptors (Lipinski definition) is 4. The van der Waals surface area contributed by atoms with E-state index in [2.05, 4.69) is 11.3 Å². The summed E-state index contributed by atoms with van der Waals surface area (Å²) in [4.78, 5) is 24.4. The van der Waals surface area contributed by atoms with E-state index >= 15 is 0 Å². The van der Waals surface area contributed by atoms with Crippen LogP contribution in [0.25, 0.3) is 0 Å². The summed E-state index contributed by atoms with van der Waals surface area (Å²) in [6.07, 6.45) is 0.894. The summed E-state index contributed by atoms with van der Waals surface area (Å²) in [6.45, 7) is 3.70. The fourth-order valence-electron chi connectivity index (χ4n) is 1.43. The van der Waals surface area contributed by atoms with Crippen molar-refractivity contribution < 1.29 is 19.1 Å². The molecule has 0 radical (unpaired) electrons. The van der Waals surface area contributed by atoms with Crippen LogP contribution in [0, 0.1) is 0 Å². The Balaban J connectivity index is 2.71. The Bertz CT molecular complexity index is 430. The van der Waals surface area contributed by atoms with Crippen molar-refractivity contribution >= 4 is 12.1 Å². The summed E-state index contributed by atoms with van der Waals surface area (Å²) >= 11 is 0. The number of hydrogen-bond donors (Lipinski definition) is 0. The molecule has 0 fully saturated rings. The van der Waals surface area contributed by atoms with Crippen LogP contribution < -0.4 is 0 Å². The Morgan fingerprint density at radius 2 is 2.00 bits per heavy atom. The number of nitrogens with zero attached hydrogens (tertiary/aromatic N) is 1. The van der Waals surface area contributed by atoms with Crippen LogP contribution in [0.1, 0.15) is 5.56 Å². The summed E-state index contributed by atoms with van der Waals surface area (Å²) < 4.78 is 9.50. The first-order valence-electron chi connectivity index (χ1n) is 5.80. The van der Waals surface area contributed by atoms with Crippen molar-refractivity contribution in [2.75, 3.05) is 20.3 Å². The van der Waals surface area contributed by atoms with Gasteiger partial charge in [0.1, 0.15) is 13.2 Å². The molecule has 0 heterocycles. The molecule has 0 unspecified atom stereocenters. The average Bonchev–Trinajstić information content (AvgIpc) is 2.44. The van der Waals surface area contributed by atoms with Gasteiger partial charge in [-0.2, -0.15) is 0 Å². The second kappa shape index (κ2) is 7.92. The molecule has 5 nitrogen and oxygen atoms in total.